The van der Waals surface area contributed by atoms with Gasteiger partial charge in [0.15, 0.2) is 0 Å². The maximum Gasteiger partial charge on any atom is 0.328 e. The molecule has 0 aliphatic carbocycles. The number of imide groups is 1. The summed E-state index contributed by atoms with van der Waals surface area (Å²) in [5.74, 6) is -0.0483. The van der Waals surface area contributed by atoms with Crippen LogP contribution < -0.4 is 20.3 Å². The molecule has 0 atom stereocenters. The van der Waals surface area contributed by atoms with E-state index in [1.165, 1.54) is 12.0 Å². The van der Waals surface area contributed by atoms with Crippen LogP contribution >= 0.6 is 0 Å². The van der Waals surface area contributed by atoms with Crippen LogP contribution in [0.3, 0.4) is 0 Å². The smallest absolute Gasteiger partial charge is 0.328 e. The minimum absolute atomic E-state index is 0.209. The number of ether oxygens (including phenoxy) is 1. The number of anilines is 1. The first-order chi connectivity index (χ1) is 10.6. The van der Waals surface area contributed by atoms with E-state index in [-0.39, 0.29) is 24.8 Å². The molecule has 7 nitrogen and oxygen atoms in total. The number of hydrogen-bond donors (Lipinski definition) is 2. The largest absolute Gasteiger partial charge is 0.495 e. The van der Waals surface area contributed by atoms with Crippen molar-refractivity contribution >= 4 is 23.5 Å². The Morgan fingerprint density at radius 3 is 2.82 bits per heavy atom. The lowest BCUT2D eigenvalue weighted by Crippen LogP contribution is -2.49. The molecule has 2 N–H and O–H groups in total. The van der Waals surface area contributed by atoms with E-state index < -0.39 is 6.03 Å². The quantitative estimate of drug-likeness (QED) is 0.858. The van der Waals surface area contributed by atoms with Crippen LogP contribution in [0.15, 0.2) is 18.2 Å². The fraction of sp³-hybridized carbons (Fsp3) is 0.400. The minimum atomic E-state index is -0.513. The van der Waals surface area contributed by atoms with Gasteiger partial charge in [0.2, 0.25) is 5.91 Å². The number of nitrogens with one attached hydrogen (secondary N) is 2. The first kappa shape index (κ1) is 15.8. The van der Waals surface area contributed by atoms with Crippen LogP contribution in [0.1, 0.15) is 30.1 Å². The maximum absolute atomic E-state index is 12.0. The second-order valence-electron chi connectivity index (χ2n) is 4.90. The van der Waals surface area contributed by atoms with E-state index in [9.17, 15) is 14.4 Å². The Kier molecular flexibility index (Phi) is 4.98. The Hall–Kier alpha value is -2.57. The molecule has 0 unspecified atom stereocenters. The summed E-state index contributed by atoms with van der Waals surface area (Å²) in [6, 6.07) is 4.36. The SMILES string of the molecule is CCCNC(=O)c1ccc(OC)c(N2CCC(=O)NC2=O)c1. The number of rotatable bonds is 5. The molecule has 1 heterocycles. The molecule has 0 aromatic heterocycles. The lowest BCUT2D eigenvalue weighted by molar-refractivity contribution is -0.120. The molecule has 22 heavy (non-hydrogen) atoms. The third-order valence-corrected chi connectivity index (χ3v) is 3.32. The molecule has 1 fully saturated rings. The molecule has 1 aliphatic rings. The molecule has 1 saturated heterocycles. The highest BCUT2D eigenvalue weighted by Gasteiger charge is 2.27. The van der Waals surface area contributed by atoms with Crippen LogP contribution in [0.2, 0.25) is 0 Å². The summed E-state index contributed by atoms with van der Waals surface area (Å²) in [4.78, 5) is 36.7. The first-order valence-corrected chi connectivity index (χ1v) is 7.14. The van der Waals surface area contributed by atoms with Crippen molar-refractivity contribution in [3.05, 3.63) is 23.8 Å². The van der Waals surface area contributed by atoms with Crippen molar-refractivity contribution in [2.75, 3.05) is 25.1 Å². The van der Waals surface area contributed by atoms with Crippen LogP contribution in [-0.4, -0.2) is 38.0 Å². The van der Waals surface area contributed by atoms with Crippen molar-refractivity contribution in [1.82, 2.24) is 10.6 Å². The van der Waals surface area contributed by atoms with E-state index >= 15 is 0 Å². The second kappa shape index (κ2) is 6.93. The average molecular weight is 305 g/mol. The molecule has 1 aromatic rings. The maximum atomic E-state index is 12.0. The van der Waals surface area contributed by atoms with Gasteiger partial charge in [-0.15, -0.1) is 0 Å². The van der Waals surface area contributed by atoms with E-state index in [2.05, 4.69) is 10.6 Å². The highest BCUT2D eigenvalue weighted by Crippen LogP contribution is 2.30. The van der Waals surface area contributed by atoms with Gasteiger partial charge in [-0.2, -0.15) is 0 Å². The van der Waals surface area contributed by atoms with Gasteiger partial charge in [0.05, 0.1) is 12.8 Å². The van der Waals surface area contributed by atoms with Crippen molar-refractivity contribution in [3.63, 3.8) is 0 Å². The minimum Gasteiger partial charge on any atom is -0.495 e. The number of methoxy groups -OCH3 is 1. The van der Waals surface area contributed by atoms with Crippen LogP contribution in [0, 0.1) is 0 Å². The summed E-state index contributed by atoms with van der Waals surface area (Å²) >= 11 is 0. The summed E-state index contributed by atoms with van der Waals surface area (Å²) in [6.45, 7) is 2.80. The van der Waals surface area contributed by atoms with Gasteiger partial charge in [-0.05, 0) is 24.6 Å². The molecule has 118 valence electrons. The van der Waals surface area contributed by atoms with E-state index in [1.807, 2.05) is 6.92 Å². The molecule has 1 aliphatic heterocycles. The van der Waals surface area contributed by atoms with Crippen LogP contribution in [0.5, 0.6) is 5.75 Å². The molecular weight excluding hydrogens is 286 g/mol. The van der Waals surface area contributed by atoms with Gasteiger partial charge in [-0.3, -0.25) is 19.8 Å². The van der Waals surface area contributed by atoms with Crippen molar-refractivity contribution in [1.29, 1.82) is 0 Å². The van der Waals surface area contributed by atoms with Gasteiger partial charge >= 0.3 is 6.03 Å². The summed E-state index contributed by atoms with van der Waals surface area (Å²) in [5, 5.41) is 5.04. The number of hydrogen-bond acceptors (Lipinski definition) is 4. The van der Waals surface area contributed by atoms with Crippen LogP contribution in [0.4, 0.5) is 10.5 Å². The number of carbonyl (C=O) groups excluding carboxylic acids is 3. The van der Waals surface area contributed by atoms with Crippen molar-refractivity contribution in [2.45, 2.75) is 19.8 Å². The van der Waals surface area contributed by atoms with Crippen molar-refractivity contribution < 1.29 is 19.1 Å². The summed E-state index contributed by atoms with van der Waals surface area (Å²) in [5.41, 5.74) is 0.908. The molecule has 0 saturated carbocycles. The van der Waals surface area contributed by atoms with Gasteiger partial charge in [0, 0.05) is 25.1 Å². The zero-order valence-electron chi connectivity index (χ0n) is 12.6. The number of amides is 4. The predicted octanol–water partition coefficient (Wildman–Crippen LogP) is 1.28. The molecule has 7 heteroatoms. The molecule has 1 aromatic carbocycles. The van der Waals surface area contributed by atoms with Gasteiger partial charge in [0.25, 0.3) is 5.91 Å². The Bertz CT molecular complexity index is 600. The fourth-order valence-corrected chi connectivity index (χ4v) is 2.18. The summed E-state index contributed by atoms with van der Waals surface area (Å²) < 4.78 is 5.25. The van der Waals surface area contributed by atoms with Crippen molar-refractivity contribution in [3.8, 4) is 5.75 Å². The molecule has 4 amide bonds. The highest BCUT2D eigenvalue weighted by atomic mass is 16.5. The zero-order valence-corrected chi connectivity index (χ0v) is 12.6. The van der Waals surface area contributed by atoms with E-state index in [1.54, 1.807) is 18.2 Å². The monoisotopic (exact) mass is 305 g/mol. The third-order valence-electron chi connectivity index (χ3n) is 3.32. The molecular formula is C15H19N3O4. The van der Waals surface area contributed by atoms with Gasteiger partial charge < -0.3 is 10.1 Å². The van der Waals surface area contributed by atoms with E-state index in [0.717, 1.165) is 6.42 Å². The van der Waals surface area contributed by atoms with Gasteiger partial charge in [-0.1, -0.05) is 6.92 Å². The van der Waals surface area contributed by atoms with Crippen LogP contribution in [0.25, 0.3) is 0 Å². The Labute approximate surface area is 128 Å². The zero-order chi connectivity index (χ0) is 16.1. The Balaban J connectivity index is 2.30. The molecule has 0 radical (unpaired) electrons. The number of carbonyl (C=O) groups is 3. The second-order valence-corrected chi connectivity index (χ2v) is 4.90. The number of nitrogens with zero attached hydrogens (tertiary/aromatic N) is 1. The number of benzene rings is 1. The summed E-state index contributed by atoms with van der Waals surface area (Å²) in [7, 11) is 1.49. The highest BCUT2D eigenvalue weighted by molar-refractivity contribution is 6.07. The van der Waals surface area contributed by atoms with Crippen molar-refractivity contribution in [2.24, 2.45) is 0 Å². The Morgan fingerprint density at radius 2 is 2.18 bits per heavy atom. The van der Waals surface area contributed by atoms with E-state index in [0.29, 0.717) is 23.5 Å². The standard InChI is InChI=1S/C15H19N3O4/c1-3-7-16-14(20)10-4-5-12(22-2)11(9-10)18-8-6-13(19)17-15(18)21/h4-5,9H,3,6-8H2,1-2H3,(H,16,20)(H,17,19,21). The molecule has 2 rings (SSSR count). The van der Waals surface area contributed by atoms with Crippen LogP contribution in [-0.2, 0) is 4.79 Å². The summed E-state index contributed by atoms with van der Waals surface area (Å²) in [6.07, 6.45) is 1.05. The Morgan fingerprint density at radius 1 is 1.41 bits per heavy atom. The van der Waals surface area contributed by atoms with Gasteiger partial charge in [-0.25, -0.2) is 4.79 Å². The topological polar surface area (TPSA) is 87.7 Å². The van der Waals surface area contributed by atoms with E-state index in [4.69, 9.17) is 4.74 Å². The molecule has 0 spiro atoms. The molecule has 0 bridgehead atoms. The van der Waals surface area contributed by atoms with Gasteiger partial charge in [0.1, 0.15) is 5.75 Å². The third kappa shape index (κ3) is 3.36. The first-order valence-electron chi connectivity index (χ1n) is 7.14. The lowest BCUT2D eigenvalue weighted by atomic mass is 10.1. The normalized spacial score (nSPS) is 14.5. The fourth-order valence-electron chi connectivity index (χ4n) is 2.18. The average Bonchev–Trinajstić information content (AvgIpc) is 2.52. The number of urea groups is 1. The predicted molar refractivity (Wildman–Crippen MR) is 81.1 cm³/mol. The lowest BCUT2D eigenvalue weighted by Gasteiger charge is -2.28.